The van der Waals surface area contributed by atoms with Crippen molar-refractivity contribution in [2.24, 2.45) is 17.3 Å². The molecule has 2 rings (SSSR count). The van der Waals surface area contributed by atoms with Crippen LogP contribution in [0.2, 0.25) is 0 Å². The van der Waals surface area contributed by atoms with Crippen LogP contribution in [0.5, 0.6) is 0 Å². The Morgan fingerprint density at radius 2 is 1.92 bits per heavy atom. The van der Waals surface area contributed by atoms with E-state index in [0.29, 0.717) is 5.92 Å². The Morgan fingerprint density at radius 3 is 2.29 bits per heavy atom. The lowest BCUT2D eigenvalue weighted by Gasteiger charge is -2.50. The largest absolute Gasteiger partial charge is 0.400 e. The number of carbonyl (C=O) groups excluding carboxylic acids is 4. The van der Waals surface area contributed by atoms with Gasteiger partial charge in [-0.2, -0.15) is 0 Å². The van der Waals surface area contributed by atoms with E-state index in [0.717, 1.165) is 20.0 Å². The van der Waals surface area contributed by atoms with Crippen LogP contribution in [-0.2, 0) is 19.2 Å². The van der Waals surface area contributed by atoms with Gasteiger partial charge in [-0.3, -0.25) is 9.59 Å². The van der Waals surface area contributed by atoms with Crippen molar-refractivity contribution < 1.29 is 24.3 Å². The van der Waals surface area contributed by atoms with Gasteiger partial charge in [0.25, 0.3) is 0 Å². The van der Waals surface area contributed by atoms with E-state index in [1.165, 1.54) is 12.8 Å². The smallest absolute Gasteiger partial charge is 0.228 e. The molecule has 1 saturated heterocycles. The van der Waals surface area contributed by atoms with Crippen LogP contribution < -0.4 is 5.32 Å². The molecule has 1 amide bonds. The van der Waals surface area contributed by atoms with Gasteiger partial charge in [0.1, 0.15) is 19.4 Å². The molecule has 24 heavy (non-hydrogen) atoms. The second kappa shape index (κ2) is 12.6. The van der Waals surface area contributed by atoms with E-state index in [-0.39, 0.29) is 29.1 Å². The van der Waals surface area contributed by atoms with Crippen molar-refractivity contribution in [1.82, 2.24) is 5.32 Å². The van der Waals surface area contributed by atoms with Crippen LogP contribution in [0.1, 0.15) is 46.5 Å². The first-order chi connectivity index (χ1) is 11.4. The average molecular weight is 341 g/mol. The number of amides is 1. The zero-order valence-corrected chi connectivity index (χ0v) is 15.2. The fraction of sp³-hybridized carbons (Fsp3) is 0.667. The summed E-state index contributed by atoms with van der Waals surface area (Å²) in [7, 11) is 1.00. The molecule has 0 radical (unpaired) electrons. The van der Waals surface area contributed by atoms with Gasteiger partial charge in [-0.15, -0.1) is 0 Å². The summed E-state index contributed by atoms with van der Waals surface area (Å²) in [6.07, 6.45) is 8.88. The van der Waals surface area contributed by atoms with E-state index in [2.05, 4.69) is 17.5 Å². The minimum Gasteiger partial charge on any atom is -0.400 e. The molecule has 6 nitrogen and oxygen atoms in total. The van der Waals surface area contributed by atoms with Crippen molar-refractivity contribution in [3.63, 3.8) is 0 Å². The summed E-state index contributed by atoms with van der Waals surface area (Å²) in [4.78, 5) is 39.4. The quantitative estimate of drug-likeness (QED) is 0.599. The van der Waals surface area contributed by atoms with Crippen molar-refractivity contribution in [1.29, 1.82) is 0 Å². The number of nitrogens with one attached hydrogen (secondary N) is 1. The van der Waals surface area contributed by atoms with Crippen molar-refractivity contribution in [2.45, 2.75) is 52.5 Å². The van der Waals surface area contributed by atoms with E-state index in [4.69, 9.17) is 14.7 Å². The Balaban J connectivity index is 0. The predicted octanol–water partition coefficient (Wildman–Crippen LogP) is 1.70. The summed E-state index contributed by atoms with van der Waals surface area (Å²) in [5.41, 5.74) is -0.364. The Hall–Kier alpha value is -1.82. The predicted molar refractivity (Wildman–Crippen MR) is 93.4 cm³/mol. The highest BCUT2D eigenvalue weighted by molar-refractivity contribution is 5.92. The number of Topliss-reactive ketones (excluding diaryl/α,β-unsaturated/α-hetero) is 1. The lowest BCUT2D eigenvalue weighted by Crippen LogP contribution is -2.69. The number of allylic oxidation sites excluding steroid dienone is 2. The first-order valence-electron chi connectivity index (χ1n) is 7.95. The molecule has 1 fully saturated rings. The SMILES string of the molecule is C=O.C=O.CC(=O)C(C)C1NC(=O)C1(C)CC1C=CCCC1.CO. The van der Waals surface area contributed by atoms with E-state index in [1.54, 1.807) is 6.92 Å². The average Bonchev–Trinajstić information content (AvgIpc) is 2.64. The lowest BCUT2D eigenvalue weighted by atomic mass is 9.63. The topological polar surface area (TPSA) is 101 Å². The summed E-state index contributed by atoms with van der Waals surface area (Å²) in [6.45, 7) is 9.54. The van der Waals surface area contributed by atoms with E-state index < -0.39 is 0 Å². The van der Waals surface area contributed by atoms with Crippen LogP contribution in [0.15, 0.2) is 12.2 Å². The minimum absolute atomic E-state index is 0.0119. The molecule has 1 aliphatic carbocycles. The first-order valence-corrected chi connectivity index (χ1v) is 7.95. The summed E-state index contributed by atoms with van der Waals surface area (Å²) in [5.74, 6) is 0.682. The van der Waals surface area contributed by atoms with Gasteiger partial charge < -0.3 is 20.0 Å². The monoisotopic (exact) mass is 341 g/mol. The number of β-lactam (4-membered cyclic amide) rings is 1. The Morgan fingerprint density at radius 1 is 1.38 bits per heavy atom. The third-order valence-corrected chi connectivity index (χ3v) is 4.67. The van der Waals surface area contributed by atoms with Crippen LogP contribution in [0.4, 0.5) is 0 Å². The molecular formula is C18H31NO5. The zero-order valence-electron chi connectivity index (χ0n) is 15.2. The molecule has 0 aromatic heterocycles. The molecule has 0 spiro atoms. The fourth-order valence-corrected chi connectivity index (χ4v) is 3.26. The number of aliphatic hydroxyl groups excluding tert-OH is 1. The van der Waals surface area contributed by atoms with Crippen LogP contribution in [0.25, 0.3) is 0 Å². The van der Waals surface area contributed by atoms with Gasteiger partial charge >= 0.3 is 0 Å². The van der Waals surface area contributed by atoms with E-state index in [9.17, 15) is 9.59 Å². The third kappa shape index (κ3) is 6.00. The third-order valence-electron chi connectivity index (χ3n) is 4.67. The highest BCUT2D eigenvalue weighted by Crippen LogP contribution is 2.42. The van der Waals surface area contributed by atoms with Gasteiger partial charge in [0.2, 0.25) is 5.91 Å². The molecule has 138 valence electrons. The zero-order chi connectivity index (χ0) is 19.3. The molecule has 0 aromatic rings. The maximum absolute atomic E-state index is 11.9. The minimum atomic E-state index is -0.364. The van der Waals surface area contributed by atoms with Crippen LogP contribution in [-0.4, -0.2) is 43.5 Å². The highest BCUT2D eigenvalue weighted by Gasteiger charge is 2.54. The molecule has 2 aliphatic rings. The Bertz CT molecular complexity index is 422. The molecule has 0 aromatic carbocycles. The Kier molecular flexibility index (Phi) is 12.8. The molecule has 0 bridgehead atoms. The normalized spacial score (nSPS) is 28.1. The summed E-state index contributed by atoms with van der Waals surface area (Å²) >= 11 is 0. The highest BCUT2D eigenvalue weighted by atomic mass is 16.2. The number of ketones is 1. The van der Waals surface area contributed by atoms with Gasteiger partial charge in [-0.05, 0) is 45.4 Å². The number of hydrogen-bond acceptors (Lipinski definition) is 5. The van der Waals surface area contributed by atoms with E-state index >= 15 is 0 Å². The second-order valence-electron chi connectivity index (χ2n) is 6.09. The van der Waals surface area contributed by atoms with Gasteiger partial charge in [0.05, 0.1) is 11.5 Å². The molecular weight excluding hydrogens is 310 g/mol. The number of aliphatic hydroxyl groups is 1. The van der Waals surface area contributed by atoms with Gasteiger partial charge in [0.15, 0.2) is 0 Å². The summed E-state index contributed by atoms with van der Waals surface area (Å²) in [6, 6.07) is 0.0119. The molecule has 4 atom stereocenters. The number of hydrogen-bond donors (Lipinski definition) is 2. The molecule has 0 saturated carbocycles. The van der Waals surface area contributed by atoms with Crippen LogP contribution in [0.3, 0.4) is 0 Å². The molecule has 1 heterocycles. The van der Waals surface area contributed by atoms with Crippen molar-refractivity contribution in [3.8, 4) is 0 Å². The number of carbonyl (C=O) groups is 4. The van der Waals surface area contributed by atoms with Crippen molar-refractivity contribution in [2.75, 3.05) is 7.11 Å². The van der Waals surface area contributed by atoms with E-state index in [1.807, 2.05) is 27.4 Å². The summed E-state index contributed by atoms with van der Waals surface area (Å²) in [5, 5.41) is 9.92. The van der Waals surface area contributed by atoms with Crippen LogP contribution in [0, 0.1) is 17.3 Å². The van der Waals surface area contributed by atoms with Gasteiger partial charge in [-0.25, -0.2) is 0 Å². The van der Waals surface area contributed by atoms with Crippen LogP contribution >= 0.6 is 0 Å². The van der Waals surface area contributed by atoms with Gasteiger partial charge in [-0.1, -0.05) is 19.1 Å². The fourth-order valence-electron chi connectivity index (χ4n) is 3.26. The number of rotatable bonds is 4. The maximum atomic E-state index is 11.9. The second-order valence-corrected chi connectivity index (χ2v) is 6.09. The van der Waals surface area contributed by atoms with Crippen molar-refractivity contribution in [3.05, 3.63) is 12.2 Å². The lowest BCUT2D eigenvalue weighted by molar-refractivity contribution is -0.150. The van der Waals surface area contributed by atoms with Gasteiger partial charge in [0, 0.05) is 13.0 Å². The standard InChI is InChI=1S/C15H23NO2.CH4O.2CH2O/c1-10(11(2)17)13-15(3,14(18)16-13)9-12-7-5-4-6-8-12;3*1-2/h5,7,10,12-13H,4,6,8-9H2,1-3H3,(H,16,18);2H,1H3;2*1H2. The molecule has 2 N–H and O–H groups in total. The summed E-state index contributed by atoms with van der Waals surface area (Å²) < 4.78 is 0. The molecule has 4 unspecified atom stereocenters. The molecule has 1 aliphatic heterocycles. The maximum Gasteiger partial charge on any atom is 0.228 e. The van der Waals surface area contributed by atoms with Crippen molar-refractivity contribution >= 4 is 25.3 Å². The Labute approximate surface area is 144 Å². The molecule has 6 heteroatoms. The first kappa shape index (κ1) is 24.4.